The van der Waals surface area contributed by atoms with Gasteiger partial charge < -0.3 is 15.7 Å². The lowest BCUT2D eigenvalue weighted by Crippen LogP contribution is -2.26. The summed E-state index contributed by atoms with van der Waals surface area (Å²) in [6.45, 7) is 4.99. The maximum Gasteiger partial charge on any atom is 0.305 e. The van der Waals surface area contributed by atoms with Crippen molar-refractivity contribution in [2.24, 2.45) is 0 Å². The molecule has 5 nitrogen and oxygen atoms in total. The molecule has 1 heterocycles. The molecule has 2 aromatic rings. The first-order valence-corrected chi connectivity index (χ1v) is 7.53. The van der Waals surface area contributed by atoms with Crippen molar-refractivity contribution in [2.45, 2.75) is 26.8 Å². The van der Waals surface area contributed by atoms with Crippen LogP contribution in [-0.2, 0) is 11.3 Å². The molecular weight excluding hydrogens is 286 g/mol. The number of hydrogen-bond donors (Lipinski definition) is 2. The van der Waals surface area contributed by atoms with E-state index in [0.717, 1.165) is 16.4 Å². The summed E-state index contributed by atoms with van der Waals surface area (Å²) in [5.41, 5.74) is 8.53. The number of nitrogen functional groups attached to an aromatic ring is 1. The van der Waals surface area contributed by atoms with Crippen LogP contribution in [-0.4, -0.2) is 22.6 Å². The molecule has 112 valence electrons. The Labute approximate surface area is 128 Å². The van der Waals surface area contributed by atoms with E-state index in [9.17, 15) is 4.79 Å². The molecule has 0 bridgehead atoms. The van der Waals surface area contributed by atoms with Gasteiger partial charge in [0.05, 0.1) is 30.0 Å². The van der Waals surface area contributed by atoms with Gasteiger partial charge in [0.2, 0.25) is 0 Å². The summed E-state index contributed by atoms with van der Waals surface area (Å²) in [6.07, 6.45) is 0.0671. The molecule has 0 saturated heterocycles. The zero-order valence-electron chi connectivity index (χ0n) is 12.2. The van der Waals surface area contributed by atoms with E-state index in [1.807, 2.05) is 43.0 Å². The number of carbonyl (C=O) groups is 1. The minimum absolute atomic E-state index is 0.0671. The summed E-state index contributed by atoms with van der Waals surface area (Å²) in [5, 5.41) is 9.89. The molecule has 0 spiro atoms. The number of nitrogens with two attached hydrogens (primary N) is 1. The van der Waals surface area contributed by atoms with E-state index in [0.29, 0.717) is 18.8 Å². The van der Waals surface area contributed by atoms with E-state index < -0.39 is 5.97 Å². The number of hydrogen-bond acceptors (Lipinski definition) is 5. The summed E-state index contributed by atoms with van der Waals surface area (Å²) < 4.78 is 0. The van der Waals surface area contributed by atoms with E-state index in [4.69, 9.17) is 10.8 Å². The molecule has 0 radical (unpaired) electrons. The second-order valence-electron chi connectivity index (χ2n) is 4.87. The third-order valence-corrected chi connectivity index (χ3v) is 4.33. The molecule has 0 saturated carbocycles. The number of rotatable bonds is 6. The SMILES string of the molecule is Cc1nc(CN(CCC(=O)O)c2ccccc2N)sc1C. The van der Waals surface area contributed by atoms with Gasteiger partial charge >= 0.3 is 5.97 Å². The Hall–Kier alpha value is -2.08. The Bertz CT molecular complexity index is 620. The number of anilines is 2. The molecule has 0 unspecified atom stereocenters. The monoisotopic (exact) mass is 305 g/mol. The molecule has 1 aromatic carbocycles. The van der Waals surface area contributed by atoms with Gasteiger partial charge in [-0.3, -0.25) is 4.79 Å². The van der Waals surface area contributed by atoms with Crippen LogP contribution in [0, 0.1) is 13.8 Å². The lowest BCUT2D eigenvalue weighted by atomic mass is 10.2. The maximum absolute atomic E-state index is 10.9. The van der Waals surface area contributed by atoms with Gasteiger partial charge in [0.25, 0.3) is 0 Å². The Morgan fingerprint density at radius 1 is 1.38 bits per heavy atom. The number of aliphatic carboxylic acids is 1. The summed E-state index contributed by atoms with van der Waals surface area (Å²) in [7, 11) is 0. The van der Waals surface area contributed by atoms with Crippen LogP contribution >= 0.6 is 11.3 Å². The van der Waals surface area contributed by atoms with Gasteiger partial charge in [-0.05, 0) is 26.0 Å². The minimum atomic E-state index is -0.819. The van der Waals surface area contributed by atoms with Gasteiger partial charge in [-0.1, -0.05) is 12.1 Å². The standard InChI is InChI=1S/C15H19N3O2S/c1-10-11(2)21-14(17-10)9-18(8-7-15(19)20)13-6-4-3-5-12(13)16/h3-6H,7-9,16H2,1-2H3,(H,19,20). The number of benzene rings is 1. The van der Waals surface area contributed by atoms with Crippen molar-refractivity contribution >= 4 is 28.7 Å². The summed E-state index contributed by atoms with van der Waals surface area (Å²) in [4.78, 5) is 18.5. The highest BCUT2D eigenvalue weighted by Crippen LogP contribution is 2.26. The van der Waals surface area contributed by atoms with Crippen molar-refractivity contribution in [3.63, 3.8) is 0 Å². The fourth-order valence-corrected chi connectivity index (χ4v) is 3.01. The molecule has 0 aliphatic heterocycles. The Morgan fingerprint density at radius 2 is 2.10 bits per heavy atom. The van der Waals surface area contributed by atoms with Crippen molar-refractivity contribution in [1.29, 1.82) is 0 Å². The molecule has 0 aliphatic rings. The quantitative estimate of drug-likeness (QED) is 0.802. The van der Waals surface area contributed by atoms with Crippen LogP contribution in [0.15, 0.2) is 24.3 Å². The van der Waals surface area contributed by atoms with Gasteiger partial charge in [0, 0.05) is 11.4 Å². The Kier molecular flexibility index (Phi) is 4.80. The molecular formula is C15H19N3O2S. The molecule has 1 aromatic heterocycles. The fourth-order valence-electron chi connectivity index (χ4n) is 2.06. The number of carboxylic acid groups (broad SMARTS) is 1. The molecule has 21 heavy (non-hydrogen) atoms. The largest absolute Gasteiger partial charge is 0.481 e. The van der Waals surface area contributed by atoms with Crippen molar-refractivity contribution in [2.75, 3.05) is 17.2 Å². The van der Waals surface area contributed by atoms with E-state index >= 15 is 0 Å². The normalized spacial score (nSPS) is 10.6. The lowest BCUT2D eigenvalue weighted by molar-refractivity contribution is -0.136. The third-order valence-electron chi connectivity index (χ3n) is 3.27. The molecule has 0 fully saturated rings. The van der Waals surface area contributed by atoms with Gasteiger partial charge in [-0.2, -0.15) is 0 Å². The first-order valence-electron chi connectivity index (χ1n) is 6.71. The van der Waals surface area contributed by atoms with E-state index in [1.54, 1.807) is 11.3 Å². The summed E-state index contributed by atoms with van der Waals surface area (Å²) >= 11 is 1.64. The van der Waals surface area contributed by atoms with E-state index in [-0.39, 0.29) is 6.42 Å². The maximum atomic E-state index is 10.9. The van der Waals surface area contributed by atoms with Gasteiger partial charge in [0.15, 0.2) is 0 Å². The van der Waals surface area contributed by atoms with Gasteiger partial charge in [-0.15, -0.1) is 11.3 Å². The lowest BCUT2D eigenvalue weighted by Gasteiger charge is -2.24. The van der Waals surface area contributed by atoms with Crippen LogP contribution in [0.1, 0.15) is 22.0 Å². The topological polar surface area (TPSA) is 79.5 Å². The number of para-hydroxylation sites is 2. The molecule has 0 atom stereocenters. The van der Waals surface area contributed by atoms with Gasteiger partial charge in [0.1, 0.15) is 5.01 Å². The smallest absolute Gasteiger partial charge is 0.305 e. The molecule has 3 N–H and O–H groups in total. The van der Waals surface area contributed by atoms with E-state index in [2.05, 4.69) is 4.98 Å². The first kappa shape index (κ1) is 15.3. The van der Waals surface area contributed by atoms with Crippen LogP contribution in [0.25, 0.3) is 0 Å². The highest BCUT2D eigenvalue weighted by Gasteiger charge is 2.14. The highest BCUT2D eigenvalue weighted by molar-refractivity contribution is 7.11. The average Bonchev–Trinajstić information content (AvgIpc) is 2.74. The van der Waals surface area contributed by atoms with Crippen molar-refractivity contribution < 1.29 is 9.90 Å². The zero-order valence-corrected chi connectivity index (χ0v) is 13.0. The third kappa shape index (κ3) is 3.95. The molecule has 2 rings (SSSR count). The van der Waals surface area contributed by atoms with Crippen LogP contribution in [0.5, 0.6) is 0 Å². The van der Waals surface area contributed by atoms with Crippen molar-refractivity contribution in [3.05, 3.63) is 39.8 Å². The number of aryl methyl sites for hydroxylation is 2. The molecule has 6 heteroatoms. The fraction of sp³-hybridized carbons (Fsp3) is 0.333. The summed E-state index contributed by atoms with van der Waals surface area (Å²) in [5.74, 6) is -0.819. The van der Waals surface area contributed by atoms with Crippen molar-refractivity contribution in [3.8, 4) is 0 Å². The highest BCUT2D eigenvalue weighted by atomic mass is 32.1. The second kappa shape index (κ2) is 6.58. The minimum Gasteiger partial charge on any atom is -0.481 e. The van der Waals surface area contributed by atoms with Crippen LogP contribution in [0.3, 0.4) is 0 Å². The average molecular weight is 305 g/mol. The van der Waals surface area contributed by atoms with Crippen LogP contribution in [0.4, 0.5) is 11.4 Å². The number of aromatic nitrogens is 1. The second-order valence-corrected chi connectivity index (χ2v) is 6.16. The van der Waals surface area contributed by atoms with Crippen LogP contribution in [0.2, 0.25) is 0 Å². The first-order chi connectivity index (χ1) is 9.97. The molecule has 0 amide bonds. The van der Waals surface area contributed by atoms with Gasteiger partial charge in [-0.25, -0.2) is 4.98 Å². The van der Waals surface area contributed by atoms with Crippen molar-refractivity contribution in [1.82, 2.24) is 4.98 Å². The predicted octanol–water partition coefficient (Wildman–Crippen LogP) is 2.82. The Morgan fingerprint density at radius 3 is 2.67 bits per heavy atom. The molecule has 0 aliphatic carbocycles. The summed E-state index contributed by atoms with van der Waals surface area (Å²) in [6, 6.07) is 7.50. The predicted molar refractivity (Wildman–Crippen MR) is 85.7 cm³/mol. The zero-order chi connectivity index (χ0) is 15.4. The Balaban J connectivity index is 2.23. The number of nitrogens with zero attached hydrogens (tertiary/aromatic N) is 2. The number of thiazole rings is 1. The van der Waals surface area contributed by atoms with Crippen LogP contribution < -0.4 is 10.6 Å². The van der Waals surface area contributed by atoms with E-state index in [1.165, 1.54) is 4.88 Å². The number of carboxylic acids is 1.